The molecule has 0 bridgehead atoms. The Kier molecular flexibility index (Phi) is 6.53. The number of hydrogen-bond acceptors (Lipinski definition) is 2. The van der Waals surface area contributed by atoms with Crippen LogP contribution < -0.4 is 4.58 Å². The summed E-state index contributed by atoms with van der Waals surface area (Å²) >= 11 is 0. The van der Waals surface area contributed by atoms with E-state index in [-0.39, 0.29) is 6.04 Å². The first-order valence-electron chi connectivity index (χ1n) is 17.0. The van der Waals surface area contributed by atoms with E-state index in [1.807, 2.05) is 0 Å². The zero-order valence-corrected chi connectivity index (χ0v) is 27.2. The van der Waals surface area contributed by atoms with Gasteiger partial charge in [0.25, 0.3) is 5.69 Å². The molecule has 0 saturated heterocycles. The van der Waals surface area contributed by atoms with E-state index in [1.54, 1.807) is 6.33 Å². The first-order valence-corrected chi connectivity index (χ1v) is 17.0. The number of benzene rings is 6. The summed E-state index contributed by atoms with van der Waals surface area (Å²) in [4.78, 5) is 10.0. The molecule has 0 amide bonds. The van der Waals surface area contributed by atoms with Crippen LogP contribution in [0.4, 0.5) is 11.4 Å². The van der Waals surface area contributed by atoms with Crippen molar-refractivity contribution in [1.82, 2.24) is 19.1 Å². The summed E-state index contributed by atoms with van der Waals surface area (Å²) in [6.07, 6.45) is 10.6. The van der Waals surface area contributed by atoms with Crippen LogP contribution >= 0.6 is 0 Å². The van der Waals surface area contributed by atoms with Crippen LogP contribution in [-0.2, 0) is 0 Å². The number of fused-ring (bicyclic) bond motifs is 5. The van der Waals surface area contributed by atoms with E-state index in [1.165, 1.54) is 38.5 Å². The molecule has 1 aliphatic heterocycles. The minimum atomic E-state index is -0.0369. The fraction of sp³-hybridized carbons (Fsp3) is 0.0217. The van der Waals surface area contributed by atoms with Gasteiger partial charge in [0.1, 0.15) is 29.3 Å². The summed E-state index contributed by atoms with van der Waals surface area (Å²) in [6, 6.07) is 54.0. The lowest BCUT2D eigenvalue weighted by Gasteiger charge is -2.26. The van der Waals surface area contributed by atoms with Crippen molar-refractivity contribution in [2.45, 2.75) is 6.04 Å². The zero-order chi connectivity index (χ0) is 33.0. The Hall–Kier alpha value is -6.65. The molecule has 10 rings (SSSR count). The summed E-state index contributed by atoms with van der Waals surface area (Å²) < 4.78 is 4.98. The van der Waals surface area contributed by atoms with Gasteiger partial charge in [-0.1, -0.05) is 146 Å². The maximum Gasteiger partial charge on any atom is 0.264 e. The molecule has 2 aromatic heterocycles. The smallest absolute Gasteiger partial charge is 0.264 e. The van der Waals surface area contributed by atoms with Gasteiger partial charge in [-0.15, -0.1) is 4.58 Å². The second-order valence-corrected chi connectivity index (χ2v) is 12.8. The fourth-order valence-corrected chi connectivity index (χ4v) is 7.77. The molecule has 1 atom stereocenters. The highest BCUT2D eigenvalue weighted by Crippen LogP contribution is 2.48. The summed E-state index contributed by atoms with van der Waals surface area (Å²) in [5.41, 5.74) is 14.3. The minimum absolute atomic E-state index is 0.0369. The molecule has 1 aliphatic carbocycles. The highest BCUT2D eigenvalue weighted by Gasteiger charge is 2.41. The van der Waals surface area contributed by atoms with Gasteiger partial charge in [0.15, 0.2) is 0 Å². The third-order valence-electron chi connectivity index (χ3n) is 9.98. The normalized spacial score (nSPS) is 14.8. The monoisotopic (exact) mass is 639 g/mol. The summed E-state index contributed by atoms with van der Waals surface area (Å²) in [7, 11) is 0. The molecule has 234 valence electrons. The fourth-order valence-electron chi connectivity index (χ4n) is 7.77. The van der Waals surface area contributed by atoms with Crippen LogP contribution in [0.2, 0.25) is 0 Å². The first-order chi connectivity index (χ1) is 24.8. The zero-order valence-electron chi connectivity index (χ0n) is 27.2. The molecule has 6 aromatic carbocycles. The van der Waals surface area contributed by atoms with Crippen molar-refractivity contribution in [3.05, 3.63) is 182 Å². The lowest BCUT2D eigenvalue weighted by molar-refractivity contribution is 0.780. The van der Waals surface area contributed by atoms with E-state index in [4.69, 9.17) is 9.97 Å². The standard InChI is InChI=1S/C46H31N4/c1-5-15-31(16-6-1)35-25-26-39-37(27-35)38-28-36(32-17-7-2-8-18-32)29-42-45(38)49(39)40-23-13-14-24-41(40)50(42)46-43(33-19-9-3-10-20-33)47-30-48-44(46)34-21-11-4-12-22-34/h1-30,40H/q+1. The molecular weight excluding hydrogens is 609 g/mol. The number of rotatable bonds is 5. The van der Waals surface area contributed by atoms with Crippen LogP contribution in [0.3, 0.4) is 0 Å². The van der Waals surface area contributed by atoms with Gasteiger partial charge in [-0.25, -0.2) is 9.97 Å². The van der Waals surface area contributed by atoms with Crippen LogP contribution in [-0.4, -0.2) is 20.2 Å². The Balaban J connectivity index is 1.36. The molecule has 3 heterocycles. The third kappa shape index (κ3) is 4.42. The molecule has 50 heavy (non-hydrogen) atoms. The van der Waals surface area contributed by atoms with Crippen LogP contribution in [0.1, 0.15) is 6.04 Å². The average Bonchev–Trinajstić information content (AvgIpc) is 3.53. The molecule has 0 saturated carbocycles. The topological polar surface area (TPSA) is 33.7 Å². The van der Waals surface area contributed by atoms with Crippen molar-refractivity contribution in [1.29, 1.82) is 0 Å². The van der Waals surface area contributed by atoms with Gasteiger partial charge in [-0.2, -0.15) is 0 Å². The third-order valence-corrected chi connectivity index (χ3v) is 9.98. The Bertz CT molecular complexity index is 2610. The Labute approximate surface area is 290 Å². The Morgan fingerprint density at radius 1 is 0.500 bits per heavy atom. The van der Waals surface area contributed by atoms with Crippen LogP contribution in [0, 0.1) is 0 Å². The number of hydrogen-bond donors (Lipinski definition) is 0. The van der Waals surface area contributed by atoms with Crippen molar-refractivity contribution < 1.29 is 0 Å². The van der Waals surface area contributed by atoms with E-state index >= 15 is 0 Å². The van der Waals surface area contributed by atoms with Gasteiger partial charge in [0.2, 0.25) is 11.4 Å². The Morgan fingerprint density at radius 3 is 1.68 bits per heavy atom. The number of aromatic nitrogens is 3. The molecule has 8 aromatic rings. The quantitative estimate of drug-likeness (QED) is 0.176. The average molecular weight is 640 g/mol. The van der Waals surface area contributed by atoms with Crippen molar-refractivity contribution in [3.63, 3.8) is 0 Å². The molecule has 0 spiro atoms. The van der Waals surface area contributed by atoms with Crippen molar-refractivity contribution in [2.75, 3.05) is 0 Å². The predicted octanol–water partition coefficient (Wildman–Crippen LogP) is 11.2. The molecule has 0 fully saturated rings. The summed E-state index contributed by atoms with van der Waals surface area (Å²) in [6.45, 7) is 0. The predicted molar refractivity (Wildman–Crippen MR) is 207 cm³/mol. The van der Waals surface area contributed by atoms with E-state index in [0.29, 0.717) is 0 Å². The lowest BCUT2D eigenvalue weighted by Crippen LogP contribution is -2.31. The summed E-state index contributed by atoms with van der Waals surface area (Å²) in [5.74, 6) is 0. The highest BCUT2D eigenvalue weighted by atomic mass is 15.2. The van der Waals surface area contributed by atoms with Gasteiger partial charge in [-0.3, -0.25) is 0 Å². The number of allylic oxidation sites excluding steroid dienone is 4. The maximum atomic E-state index is 5.02. The molecule has 4 nitrogen and oxygen atoms in total. The number of nitrogens with zero attached hydrogens (tertiary/aromatic N) is 4. The Morgan fingerprint density at radius 2 is 1.06 bits per heavy atom. The second-order valence-electron chi connectivity index (χ2n) is 12.8. The van der Waals surface area contributed by atoms with Crippen molar-refractivity contribution in [3.8, 4) is 44.8 Å². The van der Waals surface area contributed by atoms with Gasteiger partial charge >= 0.3 is 0 Å². The first kappa shape index (κ1) is 28.4. The minimum Gasteiger partial charge on any atom is -0.318 e. The molecule has 4 heteroatoms. The van der Waals surface area contributed by atoms with Crippen molar-refractivity contribution >= 4 is 38.9 Å². The second kappa shape index (κ2) is 11.5. The van der Waals surface area contributed by atoms with Gasteiger partial charge in [-0.05, 0) is 40.5 Å². The maximum absolute atomic E-state index is 5.02. The van der Waals surface area contributed by atoms with Crippen LogP contribution in [0.25, 0.3) is 66.6 Å². The van der Waals surface area contributed by atoms with E-state index in [0.717, 1.165) is 45.2 Å². The largest absolute Gasteiger partial charge is 0.318 e. The highest BCUT2D eigenvalue weighted by molar-refractivity contribution is 6.20. The van der Waals surface area contributed by atoms with Gasteiger partial charge in [0, 0.05) is 34.0 Å². The van der Waals surface area contributed by atoms with Crippen LogP contribution in [0.5, 0.6) is 0 Å². The molecule has 0 N–H and O–H groups in total. The molecule has 0 radical (unpaired) electrons. The van der Waals surface area contributed by atoms with Gasteiger partial charge < -0.3 is 4.57 Å². The molecule has 1 unspecified atom stereocenters. The van der Waals surface area contributed by atoms with Crippen molar-refractivity contribution in [2.24, 2.45) is 0 Å². The van der Waals surface area contributed by atoms with Gasteiger partial charge in [0.05, 0.1) is 5.52 Å². The SMILES string of the molecule is C1=CC2=[N+](c3c(-c4ccccc4)ncnc3-c3ccccc3)c3cc(-c4ccccc4)cc4c5cc(-c6ccccc6)ccc5n(c34)C2C=C1. The van der Waals surface area contributed by atoms with E-state index < -0.39 is 0 Å². The lowest BCUT2D eigenvalue weighted by atomic mass is 9.96. The van der Waals surface area contributed by atoms with Crippen LogP contribution in [0.15, 0.2) is 182 Å². The van der Waals surface area contributed by atoms with E-state index in [2.05, 4.69) is 185 Å². The molecule has 2 aliphatic rings. The summed E-state index contributed by atoms with van der Waals surface area (Å²) in [5, 5.41) is 2.46. The molecular formula is C46H31N4+. The van der Waals surface area contributed by atoms with E-state index in [9.17, 15) is 0 Å².